The molecule has 0 radical (unpaired) electrons. The van der Waals surface area contributed by atoms with E-state index in [2.05, 4.69) is 10.1 Å². The standard InChI is InChI=1S/C23H28N3O8P/c1-4-33-35(31,34-5-2)26-22(24)17-6-8-18(9-7-17)23(30)25-15(3)21(29)16-10-12-19(13-11-16)32-14-20(27)28/h6-13,15H,4-5,14H2,1-3H3,(H,25,30)(H,27,28)(H2,24,26,31)/t15-/m0/s1. The minimum absolute atomic E-state index is 0.0680. The van der Waals surface area contributed by atoms with Crippen molar-refractivity contribution in [3.63, 3.8) is 0 Å². The number of carboxylic acid groups (broad SMARTS) is 1. The molecule has 0 aliphatic carbocycles. The van der Waals surface area contributed by atoms with Gasteiger partial charge in [0, 0.05) is 16.7 Å². The van der Waals surface area contributed by atoms with Crippen LogP contribution in [0.3, 0.4) is 0 Å². The van der Waals surface area contributed by atoms with E-state index in [1.165, 1.54) is 48.5 Å². The highest BCUT2D eigenvalue weighted by Crippen LogP contribution is 2.49. The van der Waals surface area contributed by atoms with Crippen LogP contribution in [0.25, 0.3) is 0 Å². The lowest BCUT2D eigenvalue weighted by atomic mass is 10.0. The van der Waals surface area contributed by atoms with E-state index in [-0.39, 0.29) is 30.4 Å². The van der Waals surface area contributed by atoms with Crippen LogP contribution < -0.4 is 15.8 Å². The van der Waals surface area contributed by atoms with Crippen LogP contribution in [0.1, 0.15) is 47.1 Å². The first-order valence-electron chi connectivity index (χ1n) is 10.7. The topological polar surface area (TPSA) is 167 Å². The molecule has 0 aromatic heterocycles. The molecule has 0 aliphatic heterocycles. The highest BCUT2D eigenvalue weighted by atomic mass is 31.2. The molecule has 0 saturated carbocycles. The van der Waals surface area contributed by atoms with Crippen molar-refractivity contribution >= 4 is 31.2 Å². The zero-order chi connectivity index (χ0) is 26.0. The molecule has 0 spiro atoms. The minimum atomic E-state index is -3.73. The van der Waals surface area contributed by atoms with Gasteiger partial charge in [-0.05, 0) is 57.2 Å². The number of carbonyl (C=O) groups is 3. The van der Waals surface area contributed by atoms with Crippen molar-refractivity contribution in [2.75, 3.05) is 19.8 Å². The lowest BCUT2D eigenvalue weighted by Crippen LogP contribution is -2.38. The van der Waals surface area contributed by atoms with Gasteiger partial charge >= 0.3 is 13.7 Å². The van der Waals surface area contributed by atoms with Crippen LogP contribution in [0.2, 0.25) is 0 Å². The Kier molecular flexibility index (Phi) is 10.1. The molecule has 1 atom stereocenters. The molecular weight excluding hydrogens is 477 g/mol. The predicted octanol–water partition coefficient (Wildman–Crippen LogP) is 3.04. The highest BCUT2D eigenvalue weighted by Gasteiger charge is 2.24. The fourth-order valence-electron chi connectivity index (χ4n) is 2.86. The third-order valence-electron chi connectivity index (χ3n) is 4.50. The van der Waals surface area contributed by atoms with Crippen molar-refractivity contribution in [2.24, 2.45) is 10.5 Å². The molecule has 0 saturated heterocycles. The average Bonchev–Trinajstić information content (AvgIpc) is 2.82. The molecule has 4 N–H and O–H groups in total. The molecule has 2 rings (SSSR count). The molecule has 0 aliphatic rings. The van der Waals surface area contributed by atoms with E-state index in [1.54, 1.807) is 20.8 Å². The van der Waals surface area contributed by atoms with E-state index < -0.39 is 32.3 Å². The molecule has 0 fully saturated rings. The van der Waals surface area contributed by atoms with Gasteiger partial charge < -0.3 is 20.9 Å². The number of amidine groups is 1. The van der Waals surface area contributed by atoms with Gasteiger partial charge in [-0.2, -0.15) is 4.76 Å². The van der Waals surface area contributed by atoms with Crippen LogP contribution in [0, 0.1) is 0 Å². The second-order valence-corrected chi connectivity index (χ2v) is 8.79. The Morgan fingerprint density at radius 2 is 1.49 bits per heavy atom. The maximum absolute atomic E-state index is 12.6. The second kappa shape index (κ2) is 12.8. The van der Waals surface area contributed by atoms with Gasteiger partial charge in [0.1, 0.15) is 11.6 Å². The smallest absolute Gasteiger partial charge is 0.455 e. The van der Waals surface area contributed by atoms with Crippen LogP contribution in [0.15, 0.2) is 53.3 Å². The zero-order valence-corrected chi connectivity index (χ0v) is 20.5. The summed E-state index contributed by atoms with van der Waals surface area (Å²) in [4.78, 5) is 35.8. The molecule has 35 heavy (non-hydrogen) atoms. The molecule has 0 unspecified atom stereocenters. The first-order valence-corrected chi connectivity index (χ1v) is 12.2. The molecule has 2 aromatic carbocycles. The van der Waals surface area contributed by atoms with Gasteiger partial charge in [-0.1, -0.05) is 12.1 Å². The number of carboxylic acids is 1. The number of benzene rings is 2. The second-order valence-electron chi connectivity index (χ2n) is 7.13. The van der Waals surface area contributed by atoms with Crippen LogP contribution in [0.4, 0.5) is 0 Å². The quantitative estimate of drug-likeness (QED) is 0.160. The van der Waals surface area contributed by atoms with Crippen molar-refractivity contribution < 1.29 is 37.8 Å². The van der Waals surface area contributed by atoms with Crippen molar-refractivity contribution in [1.82, 2.24) is 5.32 Å². The molecule has 12 heteroatoms. The fourth-order valence-corrected chi connectivity index (χ4v) is 4.08. The largest absolute Gasteiger partial charge is 0.482 e. The fraction of sp³-hybridized carbons (Fsp3) is 0.304. The number of carbonyl (C=O) groups excluding carboxylic acids is 2. The number of hydrogen-bond donors (Lipinski definition) is 3. The maximum atomic E-state index is 12.6. The Morgan fingerprint density at radius 1 is 0.971 bits per heavy atom. The van der Waals surface area contributed by atoms with Gasteiger partial charge in [0.15, 0.2) is 12.4 Å². The van der Waals surface area contributed by atoms with E-state index in [4.69, 9.17) is 24.6 Å². The number of ether oxygens (including phenoxy) is 1. The number of nitrogens with zero attached hydrogens (tertiary/aromatic N) is 1. The number of hydrogen-bond acceptors (Lipinski definition) is 7. The number of rotatable bonds is 13. The summed E-state index contributed by atoms with van der Waals surface area (Å²) in [6, 6.07) is 11.1. The van der Waals surface area contributed by atoms with E-state index in [9.17, 15) is 18.9 Å². The monoisotopic (exact) mass is 505 g/mol. The van der Waals surface area contributed by atoms with Crippen molar-refractivity contribution in [2.45, 2.75) is 26.8 Å². The molecule has 11 nitrogen and oxygen atoms in total. The average molecular weight is 505 g/mol. The lowest BCUT2D eigenvalue weighted by molar-refractivity contribution is -0.139. The molecular formula is C23H28N3O8P. The van der Waals surface area contributed by atoms with E-state index >= 15 is 0 Å². The SMILES string of the molecule is CCOP(=O)(N=C(N)c1ccc(C(=O)N[C@@H](C)C(=O)c2ccc(OCC(=O)O)cc2)cc1)OCC. The molecule has 2 aromatic rings. The summed E-state index contributed by atoms with van der Waals surface area (Å²) >= 11 is 0. The van der Waals surface area contributed by atoms with Crippen LogP contribution in [-0.2, 0) is 18.4 Å². The van der Waals surface area contributed by atoms with Crippen LogP contribution in [-0.4, -0.2) is 54.5 Å². The number of aliphatic carboxylic acids is 1. The Hall–Kier alpha value is -3.53. The minimum Gasteiger partial charge on any atom is -0.482 e. The van der Waals surface area contributed by atoms with Gasteiger partial charge in [0.25, 0.3) is 5.91 Å². The number of Topliss-reactive ketones (excluding diaryl/α,β-unsaturated/α-hetero) is 1. The summed E-state index contributed by atoms with van der Waals surface area (Å²) in [6.07, 6.45) is 0. The Morgan fingerprint density at radius 3 is 2.00 bits per heavy atom. The van der Waals surface area contributed by atoms with Crippen molar-refractivity contribution in [3.05, 3.63) is 65.2 Å². The van der Waals surface area contributed by atoms with Gasteiger partial charge in [-0.15, -0.1) is 0 Å². The summed E-state index contributed by atoms with van der Waals surface area (Å²) in [5, 5.41) is 11.3. The molecule has 0 bridgehead atoms. The first kappa shape index (κ1) is 27.7. The van der Waals surface area contributed by atoms with Crippen molar-refractivity contribution in [3.8, 4) is 5.75 Å². The van der Waals surface area contributed by atoms with E-state index in [1.807, 2.05) is 0 Å². The summed E-state index contributed by atoms with van der Waals surface area (Å²) in [6.45, 7) is 4.63. The van der Waals surface area contributed by atoms with E-state index in [0.717, 1.165) is 0 Å². The third kappa shape index (κ3) is 8.32. The Balaban J connectivity index is 2.03. The van der Waals surface area contributed by atoms with Gasteiger partial charge in [0.2, 0.25) is 0 Å². The van der Waals surface area contributed by atoms with E-state index in [0.29, 0.717) is 16.9 Å². The van der Waals surface area contributed by atoms with Crippen LogP contribution in [0.5, 0.6) is 5.75 Å². The maximum Gasteiger partial charge on any atom is 0.455 e. The number of nitrogens with one attached hydrogen (secondary N) is 1. The summed E-state index contributed by atoms with van der Waals surface area (Å²) < 4.78 is 31.6. The summed E-state index contributed by atoms with van der Waals surface area (Å²) in [5.74, 6) is -1.69. The number of amides is 1. The van der Waals surface area contributed by atoms with Gasteiger partial charge in [0.05, 0.1) is 19.3 Å². The lowest BCUT2D eigenvalue weighted by Gasteiger charge is -2.14. The number of ketones is 1. The predicted molar refractivity (Wildman–Crippen MR) is 129 cm³/mol. The first-order chi connectivity index (χ1) is 16.6. The van der Waals surface area contributed by atoms with Gasteiger partial charge in [-0.3, -0.25) is 18.6 Å². The van der Waals surface area contributed by atoms with Gasteiger partial charge in [-0.25, -0.2) is 9.36 Å². The Labute approximate surface area is 202 Å². The van der Waals surface area contributed by atoms with Crippen LogP contribution >= 0.6 is 7.75 Å². The zero-order valence-electron chi connectivity index (χ0n) is 19.6. The number of nitrogens with two attached hydrogens (primary N) is 1. The Bertz CT molecular complexity index is 1110. The third-order valence-corrected chi connectivity index (χ3v) is 6.13. The normalized spacial score (nSPS) is 12.6. The van der Waals surface area contributed by atoms with Crippen molar-refractivity contribution in [1.29, 1.82) is 0 Å². The molecule has 0 heterocycles. The molecule has 1 amide bonds. The summed E-state index contributed by atoms with van der Waals surface area (Å²) in [5.41, 5.74) is 6.95. The molecule has 188 valence electrons. The summed E-state index contributed by atoms with van der Waals surface area (Å²) in [7, 11) is -3.73. The highest BCUT2D eigenvalue weighted by molar-refractivity contribution is 7.52.